The number of aryl methyl sites for hydroxylation is 1. The third-order valence-electron chi connectivity index (χ3n) is 6.61. The molecule has 0 aliphatic heterocycles. The van der Waals surface area contributed by atoms with Gasteiger partial charge in [-0.3, -0.25) is 9.59 Å². The van der Waals surface area contributed by atoms with Crippen molar-refractivity contribution in [3.05, 3.63) is 112 Å². The Labute approximate surface area is 233 Å². The molecule has 0 radical (unpaired) electrons. The topological polar surface area (TPSA) is 82.9 Å². The van der Waals surface area contributed by atoms with Crippen molar-refractivity contribution in [3.63, 3.8) is 0 Å². The van der Waals surface area contributed by atoms with Gasteiger partial charge in [0.2, 0.25) is 5.91 Å². The Balaban J connectivity index is 1.60. The summed E-state index contributed by atoms with van der Waals surface area (Å²) in [6.07, 6.45) is 2.08. The molecule has 4 aromatic rings. The second kappa shape index (κ2) is 13.1. The van der Waals surface area contributed by atoms with Gasteiger partial charge in [-0.2, -0.15) is 0 Å². The Morgan fingerprint density at radius 2 is 1.70 bits per heavy atom. The van der Waals surface area contributed by atoms with Crippen LogP contribution >= 0.6 is 0 Å². The summed E-state index contributed by atoms with van der Waals surface area (Å²) in [5.41, 5.74) is 2.88. The molecule has 40 heavy (non-hydrogen) atoms. The molecule has 0 aliphatic rings. The van der Waals surface area contributed by atoms with Crippen molar-refractivity contribution in [1.29, 1.82) is 0 Å². The van der Waals surface area contributed by atoms with Crippen molar-refractivity contribution in [3.8, 4) is 0 Å². The van der Waals surface area contributed by atoms with Gasteiger partial charge in [-0.15, -0.1) is 0 Å². The van der Waals surface area contributed by atoms with Crippen LogP contribution in [-0.2, 0) is 17.9 Å². The average Bonchev–Trinajstić information content (AvgIpc) is 2.93. The highest BCUT2D eigenvalue weighted by Crippen LogP contribution is 2.16. The predicted molar refractivity (Wildman–Crippen MR) is 154 cm³/mol. The largest absolute Gasteiger partial charge is 0.464 e. The normalized spacial score (nSPS) is 11.0. The van der Waals surface area contributed by atoms with Crippen LogP contribution in [0.15, 0.2) is 88.3 Å². The smallest absolute Gasteiger partial charge is 0.322 e. The Morgan fingerprint density at radius 3 is 2.42 bits per heavy atom. The molecule has 3 amide bonds. The van der Waals surface area contributed by atoms with Gasteiger partial charge in [0.05, 0.1) is 23.8 Å². The summed E-state index contributed by atoms with van der Waals surface area (Å²) in [7, 11) is 0. The van der Waals surface area contributed by atoms with E-state index >= 15 is 0 Å². The van der Waals surface area contributed by atoms with Crippen LogP contribution in [0, 0.1) is 18.7 Å². The number of carbonyl (C=O) groups is 2. The Hall–Kier alpha value is -4.46. The van der Waals surface area contributed by atoms with Crippen molar-refractivity contribution >= 4 is 28.6 Å². The van der Waals surface area contributed by atoms with Crippen LogP contribution < -0.4 is 10.7 Å². The number of carbonyl (C=O) groups excluding carboxylic acids is 2. The number of benzene rings is 3. The molecule has 208 valence electrons. The third-order valence-corrected chi connectivity index (χ3v) is 6.61. The zero-order chi connectivity index (χ0) is 28.6. The first-order chi connectivity index (χ1) is 19.2. The van der Waals surface area contributed by atoms with Gasteiger partial charge in [0.25, 0.3) is 0 Å². The molecule has 0 atom stereocenters. The molecule has 0 saturated carbocycles. The van der Waals surface area contributed by atoms with Crippen molar-refractivity contribution in [1.82, 2.24) is 9.80 Å². The van der Waals surface area contributed by atoms with E-state index in [-0.39, 0.29) is 42.8 Å². The van der Waals surface area contributed by atoms with Gasteiger partial charge in [0, 0.05) is 18.8 Å². The number of nitrogens with one attached hydrogen (secondary N) is 1. The van der Waals surface area contributed by atoms with Crippen LogP contribution in [0.3, 0.4) is 0 Å². The maximum absolute atomic E-state index is 13.8. The maximum atomic E-state index is 13.8. The molecule has 8 heteroatoms. The number of urea groups is 1. The Morgan fingerprint density at radius 1 is 0.950 bits per heavy atom. The van der Waals surface area contributed by atoms with Crippen molar-refractivity contribution in [2.75, 3.05) is 18.4 Å². The fourth-order valence-corrected chi connectivity index (χ4v) is 4.33. The lowest BCUT2D eigenvalue weighted by molar-refractivity contribution is -0.133. The van der Waals surface area contributed by atoms with E-state index in [2.05, 4.69) is 19.2 Å². The van der Waals surface area contributed by atoms with E-state index in [0.717, 1.165) is 5.56 Å². The Kier molecular flexibility index (Phi) is 9.32. The van der Waals surface area contributed by atoms with E-state index in [1.165, 1.54) is 28.2 Å². The van der Waals surface area contributed by atoms with Gasteiger partial charge < -0.3 is 19.5 Å². The minimum Gasteiger partial charge on any atom is -0.464 e. The molecule has 0 aliphatic carbocycles. The molecule has 1 aromatic heterocycles. The fraction of sp³-hybridized carbons (Fsp3) is 0.281. The van der Waals surface area contributed by atoms with E-state index in [1.807, 2.05) is 25.1 Å². The second-order valence-electron chi connectivity index (χ2n) is 10.4. The fourth-order valence-electron chi connectivity index (χ4n) is 4.33. The summed E-state index contributed by atoms with van der Waals surface area (Å²) in [5, 5.41) is 3.32. The van der Waals surface area contributed by atoms with Crippen LogP contribution in [0.25, 0.3) is 11.0 Å². The van der Waals surface area contributed by atoms with E-state index in [0.29, 0.717) is 46.7 Å². The molecule has 7 nitrogen and oxygen atoms in total. The van der Waals surface area contributed by atoms with E-state index in [1.54, 1.807) is 42.5 Å². The van der Waals surface area contributed by atoms with Crippen LogP contribution in [0.4, 0.5) is 14.9 Å². The molecule has 0 bridgehead atoms. The summed E-state index contributed by atoms with van der Waals surface area (Å²) < 4.78 is 19.2. The van der Waals surface area contributed by atoms with Gasteiger partial charge in [-0.25, -0.2) is 9.18 Å². The van der Waals surface area contributed by atoms with Gasteiger partial charge in [0.1, 0.15) is 17.9 Å². The van der Waals surface area contributed by atoms with Crippen LogP contribution in [0.1, 0.15) is 37.0 Å². The van der Waals surface area contributed by atoms with Gasteiger partial charge in [0.15, 0.2) is 5.43 Å². The molecular weight excluding hydrogens is 509 g/mol. The van der Waals surface area contributed by atoms with Crippen molar-refractivity contribution in [2.45, 2.75) is 40.3 Å². The Bertz CT molecular complexity index is 1530. The number of amides is 3. The highest BCUT2D eigenvalue weighted by molar-refractivity contribution is 5.92. The number of fused-ring (bicyclic) bond motifs is 1. The van der Waals surface area contributed by atoms with Crippen LogP contribution in [0.5, 0.6) is 0 Å². The van der Waals surface area contributed by atoms with Gasteiger partial charge in [-0.05, 0) is 66.8 Å². The van der Waals surface area contributed by atoms with E-state index in [9.17, 15) is 18.8 Å². The monoisotopic (exact) mass is 543 g/mol. The summed E-state index contributed by atoms with van der Waals surface area (Å²) in [6.45, 7) is 6.33. The molecule has 0 saturated heterocycles. The summed E-state index contributed by atoms with van der Waals surface area (Å²) in [5.74, 6) is -0.411. The predicted octanol–water partition coefficient (Wildman–Crippen LogP) is 6.35. The summed E-state index contributed by atoms with van der Waals surface area (Å²) >= 11 is 0. The number of hydrogen-bond donors (Lipinski definition) is 1. The van der Waals surface area contributed by atoms with Crippen molar-refractivity contribution in [2.24, 2.45) is 5.92 Å². The lowest BCUT2D eigenvalue weighted by Gasteiger charge is -2.28. The zero-order valence-electron chi connectivity index (χ0n) is 23.0. The zero-order valence-corrected chi connectivity index (χ0v) is 23.0. The average molecular weight is 544 g/mol. The van der Waals surface area contributed by atoms with Crippen LogP contribution in [-0.4, -0.2) is 34.8 Å². The number of rotatable bonds is 10. The lowest BCUT2D eigenvalue weighted by Crippen LogP contribution is -2.45. The standard InChI is InChI=1S/C32H34FN3O4/c1-22(2)15-16-35(32(39)34-27-8-6-7-23(3)17-27)20-30(37)36(18-24-11-13-26(33)14-12-24)19-25-21-40-29-10-5-4-9-28(29)31(25)38/h4-14,17,21-22H,15-16,18-20H2,1-3H3,(H,34,39). The summed E-state index contributed by atoms with van der Waals surface area (Å²) in [4.78, 5) is 43.2. The SMILES string of the molecule is Cc1cccc(NC(=O)N(CCC(C)C)CC(=O)N(Cc2ccc(F)cc2)Cc2coc3ccccc3c2=O)c1. The highest BCUT2D eigenvalue weighted by atomic mass is 19.1. The van der Waals surface area contributed by atoms with Gasteiger partial charge >= 0.3 is 6.03 Å². The molecule has 1 heterocycles. The molecule has 0 spiro atoms. The van der Waals surface area contributed by atoms with Gasteiger partial charge in [-0.1, -0.05) is 50.2 Å². The first-order valence-corrected chi connectivity index (χ1v) is 13.3. The minimum atomic E-state index is -0.385. The quantitative estimate of drug-likeness (QED) is 0.253. The van der Waals surface area contributed by atoms with Crippen LogP contribution in [0.2, 0.25) is 0 Å². The second-order valence-corrected chi connectivity index (χ2v) is 10.4. The molecule has 4 rings (SSSR count). The van der Waals surface area contributed by atoms with E-state index < -0.39 is 0 Å². The molecule has 1 N–H and O–H groups in total. The first kappa shape index (κ1) is 28.5. The maximum Gasteiger partial charge on any atom is 0.322 e. The van der Waals surface area contributed by atoms with Crippen molar-refractivity contribution < 1.29 is 18.4 Å². The molecule has 0 fully saturated rings. The minimum absolute atomic E-state index is 0.0269. The lowest BCUT2D eigenvalue weighted by atomic mass is 10.1. The highest BCUT2D eigenvalue weighted by Gasteiger charge is 2.23. The summed E-state index contributed by atoms with van der Waals surface area (Å²) in [6, 6.07) is 19.8. The number of nitrogens with zero attached hydrogens (tertiary/aromatic N) is 2. The molecule has 0 unspecified atom stereocenters. The number of hydrogen-bond acceptors (Lipinski definition) is 4. The molecular formula is C32H34FN3O4. The number of anilines is 1. The van der Waals surface area contributed by atoms with E-state index in [4.69, 9.17) is 4.42 Å². The molecule has 3 aromatic carbocycles. The third kappa shape index (κ3) is 7.56. The first-order valence-electron chi connectivity index (χ1n) is 13.3. The number of para-hydroxylation sites is 1. The number of halogens is 1.